The van der Waals surface area contributed by atoms with Crippen molar-refractivity contribution in [3.63, 3.8) is 0 Å². The van der Waals surface area contributed by atoms with Gasteiger partial charge in [-0.25, -0.2) is 8.78 Å². The van der Waals surface area contributed by atoms with Crippen LogP contribution in [-0.4, -0.2) is 16.1 Å². The van der Waals surface area contributed by atoms with Crippen LogP contribution in [-0.2, 0) is 10.2 Å². The van der Waals surface area contributed by atoms with Gasteiger partial charge in [-0.15, -0.1) is 0 Å². The van der Waals surface area contributed by atoms with Gasteiger partial charge in [0.25, 0.3) is 5.91 Å². The Kier molecular flexibility index (Phi) is 7.05. The fraction of sp³-hybridized carbons (Fsp3) is 0.120. The van der Waals surface area contributed by atoms with E-state index < -0.39 is 44.7 Å². The van der Waals surface area contributed by atoms with Crippen LogP contribution >= 0.6 is 58.0 Å². The normalized spacial score (nSPS) is 20.0. The number of amides is 2. The van der Waals surface area contributed by atoms with Gasteiger partial charge >= 0.3 is 0 Å². The highest BCUT2D eigenvalue weighted by Crippen LogP contribution is 2.74. The molecule has 2 atom stereocenters. The Hall–Kier alpha value is -2.35. The van der Waals surface area contributed by atoms with Gasteiger partial charge in [0.15, 0.2) is 0 Å². The van der Waals surface area contributed by atoms with E-state index in [9.17, 15) is 18.4 Å². The lowest BCUT2D eigenvalue weighted by Crippen LogP contribution is -2.34. The van der Waals surface area contributed by atoms with Crippen molar-refractivity contribution in [2.75, 3.05) is 5.32 Å². The summed E-state index contributed by atoms with van der Waals surface area (Å²) in [7, 11) is 0. The van der Waals surface area contributed by atoms with E-state index in [1.165, 1.54) is 30.3 Å². The van der Waals surface area contributed by atoms with Crippen molar-refractivity contribution in [1.82, 2.24) is 0 Å². The molecule has 0 bridgehead atoms. The highest BCUT2D eigenvalue weighted by molar-refractivity contribution is 6.55. The van der Waals surface area contributed by atoms with Crippen molar-refractivity contribution >= 4 is 81.3 Å². The van der Waals surface area contributed by atoms with E-state index in [-0.39, 0.29) is 21.8 Å². The Morgan fingerprint density at radius 1 is 0.944 bits per heavy atom. The summed E-state index contributed by atoms with van der Waals surface area (Å²) >= 11 is 31.8. The Labute approximate surface area is 229 Å². The molecule has 4 nitrogen and oxygen atoms in total. The highest BCUT2D eigenvalue weighted by atomic mass is 35.5. The van der Waals surface area contributed by atoms with Crippen LogP contribution in [0.1, 0.15) is 33.0 Å². The van der Waals surface area contributed by atoms with Gasteiger partial charge in [0.1, 0.15) is 21.4 Å². The molecule has 0 saturated heterocycles. The molecule has 1 aliphatic rings. The van der Waals surface area contributed by atoms with E-state index in [2.05, 4.69) is 11.9 Å². The van der Waals surface area contributed by atoms with Gasteiger partial charge in [-0.05, 0) is 59.7 Å². The average molecular weight is 591 g/mol. The Balaban J connectivity index is 1.76. The maximum atomic E-state index is 13.8. The fourth-order valence-corrected chi connectivity index (χ4v) is 6.21. The third-order valence-corrected chi connectivity index (χ3v) is 7.83. The largest absolute Gasteiger partial charge is 0.369 e. The van der Waals surface area contributed by atoms with Crippen molar-refractivity contribution in [3.8, 4) is 0 Å². The van der Waals surface area contributed by atoms with E-state index in [1.807, 2.05) is 0 Å². The van der Waals surface area contributed by atoms with Crippen molar-refractivity contribution in [2.24, 2.45) is 5.73 Å². The smallest absolute Gasteiger partial charge is 0.257 e. The summed E-state index contributed by atoms with van der Waals surface area (Å²) in [5.74, 6) is -4.25. The monoisotopic (exact) mass is 588 g/mol. The first-order valence-electron chi connectivity index (χ1n) is 10.2. The first-order chi connectivity index (χ1) is 16.8. The molecule has 2 unspecified atom stereocenters. The van der Waals surface area contributed by atoms with Gasteiger partial charge < -0.3 is 11.1 Å². The second-order valence-electron chi connectivity index (χ2n) is 8.18. The van der Waals surface area contributed by atoms with Crippen LogP contribution in [0, 0.1) is 5.82 Å². The van der Waals surface area contributed by atoms with E-state index in [0.29, 0.717) is 15.6 Å². The Bertz CT molecular complexity index is 1430. The summed E-state index contributed by atoms with van der Waals surface area (Å²) in [6.07, 6.45) is 0. The summed E-state index contributed by atoms with van der Waals surface area (Å²) < 4.78 is 25.6. The van der Waals surface area contributed by atoms with E-state index >= 15 is 0 Å². The van der Waals surface area contributed by atoms with E-state index in [4.69, 9.17) is 63.7 Å². The van der Waals surface area contributed by atoms with Crippen molar-refractivity contribution < 1.29 is 18.4 Å². The molecule has 36 heavy (non-hydrogen) atoms. The van der Waals surface area contributed by atoms with Crippen LogP contribution in [0.15, 0.2) is 61.2 Å². The molecule has 0 aliphatic heterocycles. The minimum Gasteiger partial charge on any atom is -0.369 e. The van der Waals surface area contributed by atoms with Crippen molar-refractivity contribution in [1.29, 1.82) is 0 Å². The number of anilines is 1. The fourth-order valence-electron chi connectivity index (χ4n) is 4.37. The third kappa shape index (κ3) is 4.35. The second-order valence-corrected chi connectivity index (χ2v) is 10.8. The predicted octanol–water partition coefficient (Wildman–Crippen LogP) is 7.67. The van der Waals surface area contributed by atoms with Gasteiger partial charge in [0.05, 0.1) is 10.6 Å². The van der Waals surface area contributed by atoms with Crippen LogP contribution in [0.4, 0.5) is 14.5 Å². The van der Waals surface area contributed by atoms with Gasteiger partial charge in [-0.2, -0.15) is 0 Å². The number of carbonyl (C=O) groups excluding carboxylic acids is 2. The minimum atomic E-state index is -1.69. The molecule has 0 heterocycles. The number of halogens is 7. The topological polar surface area (TPSA) is 72.2 Å². The summed E-state index contributed by atoms with van der Waals surface area (Å²) in [5, 5.41) is 3.15. The summed E-state index contributed by atoms with van der Waals surface area (Å²) in [5.41, 5.74) is 4.49. The SMILES string of the molecule is C=C(F)c1cc(NC(=O)c2cc(C3(C(N)=O)C(c4cc(Cl)cc(Cl)c4)C3(Cl)Cl)ccc2Cl)ccc1F. The molecule has 0 spiro atoms. The lowest BCUT2D eigenvalue weighted by Gasteiger charge is -2.17. The van der Waals surface area contributed by atoms with Crippen molar-refractivity contribution in [3.05, 3.63) is 104 Å². The number of alkyl halides is 2. The minimum absolute atomic E-state index is 0.0332. The molecule has 1 saturated carbocycles. The Morgan fingerprint density at radius 3 is 2.17 bits per heavy atom. The molecule has 4 rings (SSSR count). The van der Waals surface area contributed by atoms with Gasteiger partial charge in [-0.3, -0.25) is 9.59 Å². The van der Waals surface area contributed by atoms with Crippen LogP contribution in [0.2, 0.25) is 15.1 Å². The maximum absolute atomic E-state index is 13.8. The number of hydrogen-bond acceptors (Lipinski definition) is 2. The number of benzene rings is 3. The number of primary amides is 1. The molecule has 3 N–H and O–H groups in total. The first kappa shape index (κ1) is 26.7. The molecular weight excluding hydrogens is 576 g/mol. The second kappa shape index (κ2) is 9.51. The van der Waals surface area contributed by atoms with Gasteiger partial charge in [0.2, 0.25) is 5.91 Å². The Morgan fingerprint density at radius 2 is 1.58 bits per heavy atom. The molecule has 1 aliphatic carbocycles. The quantitative estimate of drug-likeness (QED) is 0.289. The zero-order valence-corrected chi connectivity index (χ0v) is 21.8. The molecule has 186 valence electrons. The molecule has 11 heteroatoms. The average Bonchev–Trinajstić information content (AvgIpc) is 3.31. The predicted molar refractivity (Wildman–Crippen MR) is 140 cm³/mol. The molecule has 2 amide bonds. The lowest BCUT2D eigenvalue weighted by molar-refractivity contribution is -0.120. The molecule has 3 aromatic carbocycles. The van der Waals surface area contributed by atoms with Crippen LogP contribution in [0.5, 0.6) is 0 Å². The standard InChI is InChI=1S/C25H15Cl5F2N2O2/c1-11(31)17-10-16(3-5-20(17)32)34-22(35)18-8-13(2-4-19(18)28)24(23(33)36)21(25(24,29)30)12-6-14(26)9-15(27)7-12/h2-10,21H,1H2,(H2,33,36)(H,34,35). The van der Waals surface area contributed by atoms with Crippen molar-refractivity contribution in [2.45, 2.75) is 15.7 Å². The highest BCUT2D eigenvalue weighted by Gasteiger charge is 2.80. The number of carbonyl (C=O) groups is 2. The lowest BCUT2D eigenvalue weighted by atomic mass is 9.88. The van der Waals surface area contributed by atoms with E-state index in [1.54, 1.807) is 12.1 Å². The first-order valence-corrected chi connectivity index (χ1v) is 12.1. The number of rotatable bonds is 6. The van der Waals surface area contributed by atoms with E-state index in [0.717, 1.165) is 12.1 Å². The third-order valence-electron chi connectivity index (χ3n) is 6.03. The summed E-state index contributed by atoms with van der Waals surface area (Å²) in [6.45, 7) is 3.07. The molecule has 1 fully saturated rings. The van der Waals surface area contributed by atoms with Crippen LogP contribution in [0.25, 0.3) is 5.83 Å². The number of hydrogen-bond donors (Lipinski definition) is 2. The van der Waals surface area contributed by atoms with Crippen LogP contribution < -0.4 is 11.1 Å². The zero-order chi connectivity index (χ0) is 26.6. The van der Waals surface area contributed by atoms with Gasteiger partial charge in [-0.1, -0.05) is 70.7 Å². The maximum Gasteiger partial charge on any atom is 0.257 e. The van der Waals surface area contributed by atoms with Crippen LogP contribution in [0.3, 0.4) is 0 Å². The van der Waals surface area contributed by atoms with Gasteiger partial charge in [0, 0.05) is 27.2 Å². The molecule has 0 aromatic heterocycles. The molecular formula is C25H15Cl5F2N2O2. The number of nitrogens with one attached hydrogen (secondary N) is 1. The number of nitrogens with two attached hydrogens (primary N) is 1. The molecule has 0 radical (unpaired) electrons. The zero-order valence-electron chi connectivity index (χ0n) is 18.0. The summed E-state index contributed by atoms with van der Waals surface area (Å²) in [6, 6.07) is 12.2. The summed E-state index contributed by atoms with van der Waals surface area (Å²) in [4.78, 5) is 25.9. The molecule has 3 aromatic rings.